The van der Waals surface area contributed by atoms with E-state index in [2.05, 4.69) is 0 Å². The molecule has 0 amide bonds. The largest absolute Gasteiger partial charge is 0.394 e. The third kappa shape index (κ3) is 6.22. The summed E-state index contributed by atoms with van der Waals surface area (Å²) in [4.78, 5) is 11.3. The van der Waals surface area contributed by atoms with Crippen molar-refractivity contribution in [1.29, 1.82) is 0 Å². The average molecular weight is 488 g/mol. The second kappa shape index (κ2) is 12.2. The summed E-state index contributed by atoms with van der Waals surface area (Å²) in [5, 5.41) is 99.1. The number of carbonyl (C=O) groups is 1. The fourth-order valence-corrected chi connectivity index (χ4v) is 3.54. The van der Waals surface area contributed by atoms with Crippen molar-refractivity contribution in [1.82, 2.24) is 0 Å². The van der Waals surface area contributed by atoms with E-state index >= 15 is 0 Å². The molecule has 0 bridgehead atoms. The van der Waals surface area contributed by atoms with Crippen LogP contribution in [0.2, 0.25) is 0 Å². The first-order valence-corrected chi connectivity index (χ1v) is 10.2. The standard InChI is InChI=1S/C18H32O15/c1-5-9(24)11(26)13(28)17(30-5)32-15(6(22)2-19)16(7(23)3-20)33-18-14(29)12(27)10(25)8(4-21)31-18/h2,5-18,20-29H,3-4H2,1H3/t5-,6-,7+,8+,9-,10+,11+,12-,13+,14+,15?,16-,17-,18+/m0/s1. The summed E-state index contributed by atoms with van der Waals surface area (Å²) in [7, 11) is 0. The zero-order chi connectivity index (χ0) is 25.0. The highest BCUT2D eigenvalue weighted by atomic mass is 16.7. The van der Waals surface area contributed by atoms with Crippen LogP contribution in [0.25, 0.3) is 0 Å². The van der Waals surface area contributed by atoms with Crippen molar-refractivity contribution in [2.24, 2.45) is 0 Å². The Morgan fingerprint density at radius 2 is 1.30 bits per heavy atom. The van der Waals surface area contributed by atoms with Gasteiger partial charge in [0.05, 0.1) is 19.3 Å². The van der Waals surface area contributed by atoms with Crippen molar-refractivity contribution in [3.05, 3.63) is 0 Å². The fraction of sp³-hybridized carbons (Fsp3) is 0.944. The first-order chi connectivity index (χ1) is 15.5. The van der Waals surface area contributed by atoms with Gasteiger partial charge in [-0.15, -0.1) is 0 Å². The Morgan fingerprint density at radius 1 is 0.788 bits per heavy atom. The molecule has 15 heteroatoms. The first kappa shape index (κ1) is 28.3. The number of aliphatic hydroxyl groups is 10. The summed E-state index contributed by atoms with van der Waals surface area (Å²) in [5.74, 6) is 0. The van der Waals surface area contributed by atoms with E-state index < -0.39 is 99.0 Å². The number of hydrogen-bond acceptors (Lipinski definition) is 15. The third-order valence-electron chi connectivity index (χ3n) is 5.61. The van der Waals surface area contributed by atoms with E-state index in [0.29, 0.717) is 0 Å². The zero-order valence-electron chi connectivity index (χ0n) is 17.6. The molecule has 15 nitrogen and oxygen atoms in total. The molecule has 2 rings (SSSR count). The number of rotatable bonds is 10. The van der Waals surface area contributed by atoms with Crippen LogP contribution in [0.5, 0.6) is 0 Å². The molecule has 0 aromatic carbocycles. The molecule has 194 valence electrons. The molecule has 0 aromatic heterocycles. The van der Waals surface area contributed by atoms with Gasteiger partial charge in [0.2, 0.25) is 0 Å². The summed E-state index contributed by atoms with van der Waals surface area (Å²) in [6.45, 7) is -0.472. The summed E-state index contributed by atoms with van der Waals surface area (Å²) in [5.41, 5.74) is 0. The maximum Gasteiger partial charge on any atom is 0.187 e. The lowest BCUT2D eigenvalue weighted by molar-refractivity contribution is -0.349. The summed E-state index contributed by atoms with van der Waals surface area (Å²) in [6.07, 6.45) is -24.4. The topological polar surface area (TPSA) is 256 Å². The molecular formula is C18H32O15. The molecule has 0 radical (unpaired) electrons. The second-order valence-electron chi connectivity index (χ2n) is 7.96. The van der Waals surface area contributed by atoms with Crippen LogP contribution in [0.3, 0.4) is 0 Å². The fourth-order valence-electron chi connectivity index (χ4n) is 3.54. The van der Waals surface area contributed by atoms with Crippen LogP contribution in [-0.4, -0.2) is 156 Å². The minimum atomic E-state index is -2.07. The quantitative estimate of drug-likeness (QED) is 0.128. The highest BCUT2D eigenvalue weighted by molar-refractivity contribution is 5.56. The lowest BCUT2D eigenvalue weighted by Crippen LogP contribution is -2.63. The van der Waals surface area contributed by atoms with E-state index in [0.717, 1.165) is 0 Å². The Balaban J connectivity index is 2.30. The number of aliphatic hydroxyl groups excluding tert-OH is 10. The van der Waals surface area contributed by atoms with Crippen molar-refractivity contribution in [3.8, 4) is 0 Å². The molecule has 2 aliphatic heterocycles. The van der Waals surface area contributed by atoms with E-state index in [9.17, 15) is 55.9 Å². The molecule has 2 aliphatic rings. The number of ether oxygens (including phenoxy) is 4. The molecule has 10 N–H and O–H groups in total. The Morgan fingerprint density at radius 3 is 1.82 bits per heavy atom. The Hall–Kier alpha value is -0.890. The molecular weight excluding hydrogens is 456 g/mol. The van der Waals surface area contributed by atoms with Gasteiger partial charge in [0, 0.05) is 0 Å². The first-order valence-electron chi connectivity index (χ1n) is 10.2. The molecule has 0 saturated carbocycles. The molecule has 0 aliphatic carbocycles. The number of hydrogen-bond donors (Lipinski definition) is 10. The molecule has 14 atom stereocenters. The minimum absolute atomic E-state index is 0.0255. The molecule has 0 spiro atoms. The second-order valence-corrected chi connectivity index (χ2v) is 7.96. The van der Waals surface area contributed by atoms with Gasteiger partial charge < -0.3 is 74.8 Å². The van der Waals surface area contributed by atoms with Crippen LogP contribution in [0.4, 0.5) is 0 Å². The monoisotopic (exact) mass is 488 g/mol. The van der Waals surface area contributed by atoms with Gasteiger partial charge in [-0.25, -0.2) is 0 Å². The number of aldehydes is 1. The van der Waals surface area contributed by atoms with Gasteiger partial charge in [0.25, 0.3) is 0 Å². The van der Waals surface area contributed by atoms with Crippen molar-refractivity contribution < 1.29 is 74.8 Å². The summed E-state index contributed by atoms with van der Waals surface area (Å²) < 4.78 is 21.2. The molecule has 33 heavy (non-hydrogen) atoms. The molecule has 2 fully saturated rings. The third-order valence-corrected chi connectivity index (χ3v) is 5.61. The maximum atomic E-state index is 11.3. The predicted octanol–water partition coefficient (Wildman–Crippen LogP) is -6.70. The van der Waals surface area contributed by atoms with Crippen molar-refractivity contribution in [2.75, 3.05) is 13.2 Å². The predicted molar refractivity (Wildman–Crippen MR) is 101 cm³/mol. The van der Waals surface area contributed by atoms with E-state index in [1.165, 1.54) is 6.92 Å². The van der Waals surface area contributed by atoms with Crippen LogP contribution in [0.15, 0.2) is 0 Å². The summed E-state index contributed by atoms with van der Waals surface area (Å²) >= 11 is 0. The Bertz CT molecular complexity index is 607. The van der Waals surface area contributed by atoms with Gasteiger partial charge >= 0.3 is 0 Å². The van der Waals surface area contributed by atoms with Crippen LogP contribution >= 0.6 is 0 Å². The van der Waals surface area contributed by atoms with Crippen LogP contribution in [-0.2, 0) is 23.7 Å². The van der Waals surface area contributed by atoms with Gasteiger partial charge in [0.1, 0.15) is 67.1 Å². The highest BCUT2D eigenvalue weighted by Gasteiger charge is 2.49. The van der Waals surface area contributed by atoms with Crippen molar-refractivity contribution in [3.63, 3.8) is 0 Å². The lowest BCUT2D eigenvalue weighted by Gasteiger charge is -2.44. The van der Waals surface area contributed by atoms with Crippen LogP contribution in [0.1, 0.15) is 6.92 Å². The van der Waals surface area contributed by atoms with Gasteiger partial charge in [-0.1, -0.05) is 0 Å². The smallest absolute Gasteiger partial charge is 0.187 e. The highest BCUT2D eigenvalue weighted by Crippen LogP contribution is 2.28. The van der Waals surface area contributed by atoms with Gasteiger partial charge in [-0.3, -0.25) is 0 Å². The molecule has 0 aromatic rings. The van der Waals surface area contributed by atoms with Crippen LogP contribution < -0.4 is 0 Å². The number of carbonyl (C=O) groups excluding carboxylic acids is 1. The molecule has 2 heterocycles. The van der Waals surface area contributed by atoms with E-state index in [4.69, 9.17) is 18.9 Å². The maximum absolute atomic E-state index is 11.3. The molecule has 2 saturated heterocycles. The van der Waals surface area contributed by atoms with E-state index in [1.807, 2.05) is 0 Å². The molecule has 1 unspecified atom stereocenters. The normalized spacial score (nSPS) is 43.5. The van der Waals surface area contributed by atoms with Crippen LogP contribution in [0, 0.1) is 0 Å². The lowest BCUT2D eigenvalue weighted by atomic mass is 9.98. The Labute approximate surface area is 187 Å². The van der Waals surface area contributed by atoms with Crippen molar-refractivity contribution in [2.45, 2.75) is 92.8 Å². The van der Waals surface area contributed by atoms with Gasteiger partial charge in [-0.05, 0) is 6.92 Å². The van der Waals surface area contributed by atoms with Gasteiger partial charge in [0.15, 0.2) is 18.9 Å². The SMILES string of the molecule is C[C@@H]1O[C@@H](OC([C@@H](O[C@H]2O[C@H](CO)[C@@H](O)[C@H](O)[C@H]2O)[C@H](O)CO)[C@@H](O)C=O)[C@H](O)[C@H](O)[C@H]1O. The van der Waals surface area contributed by atoms with E-state index in [-0.39, 0.29) is 6.29 Å². The Kier molecular flexibility index (Phi) is 10.5. The summed E-state index contributed by atoms with van der Waals surface area (Å²) in [6, 6.07) is 0. The zero-order valence-corrected chi connectivity index (χ0v) is 17.6. The minimum Gasteiger partial charge on any atom is -0.394 e. The van der Waals surface area contributed by atoms with Gasteiger partial charge in [-0.2, -0.15) is 0 Å². The van der Waals surface area contributed by atoms with E-state index in [1.54, 1.807) is 0 Å². The van der Waals surface area contributed by atoms with Crippen molar-refractivity contribution >= 4 is 6.29 Å². The average Bonchev–Trinajstić information content (AvgIpc) is 2.81.